The fraction of sp³-hybridized carbons (Fsp3) is 0.304. The number of halogens is 2. The molecule has 0 aliphatic carbocycles. The molecule has 1 heterocycles. The van der Waals surface area contributed by atoms with Gasteiger partial charge in [0.25, 0.3) is 0 Å². The number of allylic oxidation sites excluding steroid dienone is 1. The van der Waals surface area contributed by atoms with Crippen molar-refractivity contribution in [1.82, 2.24) is 10.6 Å². The molecule has 1 aliphatic heterocycles. The maximum absolute atomic E-state index is 9.87. The van der Waals surface area contributed by atoms with E-state index in [1.807, 2.05) is 45.0 Å². The van der Waals surface area contributed by atoms with Crippen LogP contribution in [0.1, 0.15) is 37.9 Å². The molecule has 0 spiro atoms. The first kappa shape index (κ1) is 23.2. The molecule has 0 fully saturated rings. The number of ether oxygens (including phenoxy) is 2. The van der Waals surface area contributed by atoms with Gasteiger partial charge in [0.2, 0.25) is 0 Å². The Morgan fingerprint density at radius 3 is 2.45 bits per heavy atom. The van der Waals surface area contributed by atoms with Gasteiger partial charge in [0.05, 0.1) is 34.8 Å². The van der Waals surface area contributed by atoms with E-state index in [0.717, 1.165) is 16.8 Å². The molecule has 31 heavy (non-hydrogen) atoms. The third-order valence-electron chi connectivity index (χ3n) is 4.84. The highest BCUT2D eigenvalue weighted by molar-refractivity contribution is 7.80. The summed E-state index contributed by atoms with van der Waals surface area (Å²) in [7, 11) is 1.58. The van der Waals surface area contributed by atoms with E-state index in [0.29, 0.717) is 38.8 Å². The maximum Gasteiger partial charge on any atom is 0.171 e. The normalized spacial score (nSPS) is 16.3. The molecule has 0 unspecified atom stereocenters. The van der Waals surface area contributed by atoms with Gasteiger partial charge in [-0.05, 0) is 47.6 Å². The van der Waals surface area contributed by atoms with Gasteiger partial charge in [-0.1, -0.05) is 56.1 Å². The van der Waals surface area contributed by atoms with Crippen molar-refractivity contribution in [2.75, 3.05) is 7.11 Å². The lowest BCUT2D eigenvalue weighted by Crippen LogP contribution is -2.46. The number of nitrogens with one attached hydrogen (secondary N) is 2. The zero-order valence-electron chi connectivity index (χ0n) is 17.7. The average molecular weight is 476 g/mol. The lowest BCUT2D eigenvalue weighted by molar-refractivity contribution is 0.284. The fourth-order valence-electron chi connectivity index (χ4n) is 3.30. The minimum atomic E-state index is -0.383. The number of rotatable bonds is 5. The number of thiocarbonyl (C=S) groups is 1. The van der Waals surface area contributed by atoms with E-state index in [2.05, 4.69) is 16.7 Å². The second-order valence-electron chi connectivity index (χ2n) is 8.13. The third kappa shape index (κ3) is 5.24. The highest BCUT2D eigenvalue weighted by Gasteiger charge is 2.32. The van der Waals surface area contributed by atoms with Gasteiger partial charge < -0.3 is 20.1 Å². The third-order valence-corrected chi connectivity index (χ3v) is 5.80. The molecule has 0 aromatic heterocycles. The Balaban J connectivity index is 1.90. The zero-order valence-corrected chi connectivity index (χ0v) is 20.0. The lowest BCUT2D eigenvalue weighted by Gasteiger charge is -2.35. The summed E-state index contributed by atoms with van der Waals surface area (Å²) >= 11 is 17.4. The summed E-state index contributed by atoms with van der Waals surface area (Å²) in [5.74, 6) is 1.13. The van der Waals surface area contributed by atoms with Crippen LogP contribution in [-0.4, -0.2) is 12.2 Å². The Morgan fingerprint density at radius 2 is 1.84 bits per heavy atom. The van der Waals surface area contributed by atoms with Crippen LogP contribution in [0.4, 0.5) is 0 Å². The number of nitrogens with zero attached hydrogens (tertiary/aromatic N) is 1. The highest BCUT2D eigenvalue weighted by atomic mass is 35.5. The Labute approximate surface area is 197 Å². The minimum Gasteiger partial charge on any atom is -0.493 e. The van der Waals surface area contributed by atoms with E-state index in [1.54, 1.807) is 19.2 Å². The predicted molar refractivity (Wildman–Crippen MR) is 127 cm³/mol. The van der Waals surface area contributed by atoms with E-state index in [4.69, 9.17) is 44.9 Å². The van der Waals surface area contributed by atoms with Crippen molar-refractivity contribution in [1.29, 1.82) is 5.26 Å². The van der Waals surface area contributed by atoms with Crippen LogP contribution in [0, 0.1) is 16.7 Å². The van der Waals surface area contributed by atoms with Gasteiger partial charge in [-0.15, -0.1) is 0 Å². The Hall–Kier alpha value is -2.46. The van der Waals surface area contributed by atoms with Gasteiger partial charge in [-0.2, -0.15) is 5.26 Å². The van der Waals surface area contributed by atoms with Crippen LogP contribution in [0.5, 0.6) is 11.5 Å². The summed E-state index contributed by atoms with van der Waals surface area (Å²) in [6.45, 7) is 6.43. The van der Waals surface area contributed by atoms with Crippen LogP contribution in [0.15, 0.2) is 47.7 Å². The molecular weight excluding hydrogens is 453 g/mol. The van der Waals surface area contributed by atoms with Crippen molar-refractivity contribution in [3.8, 4) is 17.6 Å². The topological polar surface area (TPSA) is 66.3 Å². The van der Waals surface area contributed by atoms with E-state index < -0.39 is 0 Å². The molecule has 3 rings (SSSR count). The Morgan fingerprint density at radius 1 is 1.10 bits per heavy atom. The molecule has 0 radical (unpaired) electrons. The smallest absolute Gasteiger partial charge is 0.171 e. The largest absolute Gasteiger partial charge is 0.493 e. The van der Waals surface area contributed by atoms with Gasteiger partial charge >= 0.3 is 0 Å². The van der Waals surface area contributed by atoms with Crippen LogP contribution in [-0.2, 0) is 6.61 Å². The highest BCUT2D eigenvalue weighted by Crippen LogP contribution is 2.37. The molecule has 0 saturated heterocycles. The molecule has 5 nitrogen and oxygen atoms in total. The summed E-state index contributed by atoms with van der Waals surface area (Å²) in [4.78, 5) is 0. The van der Waals surface area contributed by atoms with Crippen LogP contribution in [0.2, 0.25) is 10.0 Å². The molecule has 1 aliphatic rings. The predicted octanol–water partition coefficient (Wildman–Crippen LogP) is 5.92. The SMILES string of the molecule is COc1cc([C@H]2NC(=S)NC(C(C)(C)C)=C2C#N)ccc1OCc1ccc(Cl)c(Cl)c1. The zero-order chi connectivity index (χ0) is 22.8. The van der Waals surface area contributed by atoms with Crippen molar-refractivity contribution in [3.05, 3.63) is 68.8 Å². The quantitative estimate of drug-likeness (QED) is 0.522. The molecule has 2 N–H and O–H groups in total. The lowest BCUT2D eigenvalue weighted by atomic mass is 9.84. The van der Waals surface area contributed by atoms with Crippen LogP contribution >= 0.6 is 35.4 Å². The summed E-state index contributed by atoms with van der Waals surface area (Å²) in [5.41, 5.74) is 2.87. The number of benzene rings is 2. The fourth-order valence-corrected chi connectivity index (χ4v) is 3.84. The Bertz CT molecular complexity index is 1090. The molecule has 2 aromatic rings. The van der Waals surface area contributed by atoms with Gasteiger partial charge in [0, 0.05) is 11.1 Å². The van der Waals surface area contributed by atoms with E-state index in [1.165, 1.54) is 0 Å². The molecular formula is C23H23Cl2N3O2S. The number of methoxy groups -OCH3 is 1. The summed E-state index contributed by atoms with van der Waals surface area (Å²) in [5, 5.41) is 17.7. The van der Waals surface area contributed by atoms with Crippen LogP contribution in [0.3, 0.4) is 0 Å². The molecule has 0 bridgehead atoms. The monoisotopic (exact) mass is 475 g/mol. The minimum absolute atomic E-state index is 0.261. The van der Waals surface area contributed by atoms with E-state index in [-0.39, 0.29) is 11.5 Å². The summed E-state index contributed by atoms with van der Waals surface area (Å²) < 4.78 is 11.5. The Kier molecular flexibility index (Phi) is 7.00. The van der Waals surface area contributed by atoms with Crippen LogP contribution < -0.4 is 20.1 Å². The van der Waals surface area contributed by atoms with Gasteiger partial charge in [0.15, 0.2) is 16.6 Å². The summed E-state index contributed by atoms with van der Waals surface area (Å²) in [6.07, 6.45) is 0. The first-order valence-electron chi connectivity index (χ1n) is 9.61. The van der Waals surface area contributed by atoms with Crippen molar-refractivity contribution >= 4 is 40.5 Å². The van der Waals surface area contributed by atoms with Gasteiger partial charge in [-0.3, -0.25) is 0 Å². The van der Waals surface area contributed by atoms with Crippen molar-refractivity contribution in [3.63, 3.8) is 0 Å². The van der Waals surface area contributed by atoms with Crippen molar-refractivity contribution in [2.45, 2.75) is 33.4 Å². The first-order valence-corrected chi connectivity index (χ1v) is 10.8. The maximum atomic E-state index is 9.87. The standard InChI is InChI=1S/C23H23Cl2N3O2S/c1-23(2,3)21-15(11-26)20(27-22(31)28-21)14-6-8-18(19(10-14)29-4)30-12-13-5-7-16(24)17(25)9-13/h5-10,20H,12H2,1-4H3,(H2,27,28,31)/t20-/m1/s1. The van der Waals surface area contributed by atoms with Crippen LogP contribution in [0.25, 0.3) is 0 Å². The molecule has 2 aromatic carbocycles. The average Bonchev–Trinajstić information content (AvgIpc) is 2.73. The van der Waals surface area contributed by atoms with Crippen molar-refractivity contribution < 1.29 is 9.47 Å². The summed E-state index contributed by atoms with van der Waals surface area (Å²) in [6, 6.07) is 12.9. The van der Waals surface area contributed by atoms with Crippen molar-refractivity contribution in [2.24, 2.45) is 5.41 Å². The molecule has 162 valence electrons. The first-order chi connectivity index (χ1) is 14.6. The molecule has 1 atom stereocenters. The second-order valence-corrected chi connectivity index (χ2v) is 9.35. The molecule has 8 heteroatoms. The van der Waals surface area contributed by atoms with E-state index in [9.17, 15) is 5.26 Å². The molecule has 0 amide bonds. The number of hydrogen-bond acceptors (Lipinski definition) is 4. The second kappa shape index (κ2) is 9.35. The molecule has 0 saturated carbocycles. The van der Waals surface area contributed by atoms with Gasteiger partial charge in [-0.25, -0.2) is 0 Å². The van der Waals surface area contributed by atoms with E-state index >= 15 is 0 Å². The number of nitriles is 1. The number of hydrogen-bond donors (Lipinski definition) is 2. The van der Waals surface area contributed by atoms with Gasteiger partial charge in [0.1, 0.15) is 6.61 Å².